The van der Waals surface area contributed by atoms with Crippen molar-refractivity contribution >= 4 is 10.8 Å². The van der Waals surface area contributed by atoms with Crippen LogP contribution in [0.4, 0.5) is 4.39 Å². The van der Waals surface area contributed by atoms with Crippen LogP contribution in [-0.4, -0.2) is 17.1 Å². The zero-order valence-corrected chi connectivity index (χ0v) is 16.3. The Morgan fingerprint density at radius 2 is 1.89 bits per heavy atom. The van der Waals surface area contributed by atoms with Crippen LogP contribution < -0.4 is 10.5 Å². The van der Waals surface area contributed by atoms with Crippen molar-refractivity contribution in [2.75, 3.05) is 0 Å². The lowest BCUT2D eigenvalue weighted by atomic mass is 9.64. The zero-order chi connectivity index (χ0) is 19.6. The Kier molecular flexibility index (Phi) is 5.31. The number of fused-ring (bicyclic) bond motifs is 1. The Morgan fingerprint density at radius 1 is 1.14 bits per heavy atom. The van der Waals surface area contributed by atoms with E-state index < -0.39 is 0 Å². The number of rotatable bonds is 5. The number of hydrogen-bond acceptors (Lipinski definition) is 3. The first-order valence-electron chi connectivity index (χ1n) is 10.1. The molecule has 1 fully saturated rings. The summed E-state index contributed by atoms with van der Waals surface area (Å²) in [6, 6.07) is 15.9. The molecular weight excluding hydrogens is 351 g/mol. The molecule has 0 unspecified atom stereocenters. The highest BCUT2D eigenvalue weighted by atomic mass is 19.1. The highest BCUT2D eigenvalue weighted by Gasteiger charge is 2.41. The molecule has 4 rings (SSSR count). The van der Waals surface area contributed by atoms with E-state index in [-0.39, 0.29) is 23.4 Å². The number of pyridine rings is 1. The second-order valence-corrected chi connectivity index (χ2v) is 7.86. The van der Waals surface area contributed by atoms with Gasteiger partial charge in [-0.3, -0.25) is 4.98 Å². The van der Waals surface area contributed by atoms with Gasteiger partial charge in [0.05, 0.1) is 6.10 Å². The predicted molar refractivity (Wildman–Crippen MR) is 111 cm³/mol. The average molecular weight is 378 g/mol. The molecular formula is C24H27FN2O. The molecule has 1 atom stereocenters. The lowest BCUT2D eigenvalue weighted by Gasteiger charge is -2.44. The van der Waals surface area contributed by atoms with E-state index in [2.05, 4.69) is 36.2 Å². The van der Waals surface area contributed by atoms with Gasteiger partial charge < -0.3 is 10.5 Å². The maximum absolute atomic E-state index is 14.5. The average Bonchev–Trinajstić information content (AvgIpc) is 2.75. The van der Waals surface area contributed by atoms with Crippen molar-refractivity contribution < 1.29 is 9.13 Å². The largest absolute Gasteiger partial charge is 0.487 e. The first-order chi connectivity index (χ1) is 13.6. The van der Waals surface area contributed by atoms with Crippen LogP contribution in [0.5, 0.6) is 5.75 Å². The van der Waals surface area contributed by atoms with Crippen molar-refractivity contribution in [3.05, 3.63) is 72.3 Å². The van der Waals surface area contributed by atoms with Crippen LogP contribution in [0.1, 0.15) is 44.6 Å². The zero-order valence-electron chi connectivity index (χ0n) is 16.3. The Bertz CT molecular complexity index is 936. The van der Waals surface area contributed by atoms with Crippen molar-refractivity contribution in [1.29, 1.82) is 0 Å². The number of nitrogens with two attached hydrogens (primary N) is 1. The molecule has 2 N–H and O–H groups in total. The minimum atomic E-state index is -0.328. The van der Waals surface area contributed by atoms with Gasteiger partial charge in [0.15, 0.2) is 11.6 Å². The van der Waals surface area contributed by atoms with Crippen LogP contribution >= 0.6 is 0 Å². The summed E-state index contributed by atoms with van der Waals surface area (Å²) in [5, 5.41) is 1.72. The summed E-state index contributed by atoms with van der Waals surface area (Å²) in [4.78, 5) is 4.05. The van der Waals surface area contributed by atoms with Crippen molar-refractivity contribution in [1.82, 2.24) is 4.98 Å². The van der Waals surface area contributed by atoms with Crippen LogP contribution in [0.25, 0.3) is 10.8 Å². The molecule has 0 radical (unpaired) electrons. The van der Waals surface area contributed by atoms with Gasteiger partial charge >= 0.3 is 0 Å². The maximum atomic E-state index is 14.5. The minimum absolute atomic E-state index is 0.00896. The second-order valence-electron chi connectivity index (χ2n) is 7.86. The number of hydrogen-bond donors (Lipinski definition) is 1. The predicted octanol–water partition coefficient (Wildman–Crippen LogP) is 5.37. The molecule has 2 aromatic carbocycles. The molecule has 0 spiro atoms. The van der Waals surface area contributed by atoms with Gasteiger partial charge in [0.1, 0.15) is 0 Å². The minimum Gasteiger partial charge on any atom is -0.487 e. The number of aromatic nitrogens is 1. The van der Waals surface area contributed by atoms with Crippen molar-refractivity contribution in [3.63, 3.8) is 0 Å². The van der Waals surface area contributed by atoms with E-state index in [9.17, 15) is 4.39 Å². The van der Waals surface area contributed by atoms with E-state index in [0.29, 0.717) is 5.75 Å². The van der Waals surface area contributed by atoms with Gasteiger partial charge in [0.25, 0.3) is 0 Å². The van der Waals surface area contributed by atoms with E-state index in [1.54, 1.807) is 18.5 Å². The van der Waals surface area contributed by atoms with Crippen molar-refractivity contribution in [2.24, 2.45) is 5.73 Å². The van der Waals surface area contributed by atoms with Gasteiger partial charge in [0.2, 0.25) is 0 Å². The van der Waals surface area contributed by atoms with E-state index in [0.717, 1.165) is 42.9 Å². The van der Waals surface area contributed by atoms with Crippen LogP contribution in [0.2, 0.25) is 0 Å². The fraction of sp³-hybridized carbons (Fsp3) is 0.375. The smallest absolute Gasteiger partial charge is 0.165 e. The lowest BCUT2D eigenvalue weighted by Crippen LogP contribution is -2.48. The Labute approximate surface area is 165 Å². The van der Waals surface area contributed by atoms with E-state index >= 15 is 0 Å². The number of nitrogens with zero attached hydrogens (tertiary/aromatic N) is 1. The van der Waals surface area contributed by atoms with Crippen LogP contribution in [-0.2, 0) is 5.41 Å². The molecule has 1 heterocycles. The Morgan fingerprint density at radius 3 is 2.61 bits per heavy atom. The summed E-state index contributed by atoms with van der Waals surface area (Å²) in [5.41, 5.74) is 7.88. The van der Waals surface area contributed by atoms with Gasteiger partial charge in [-0.1, -0.05) is 37.3 Å². The monoisotopic (exact) mass is 378 g/mol. The number of halogens is 1. The fourth-order valence-corrected chi connectivity index (χ4v) is 4.62. The topological polar surface area (TPSA) is 48.1 Å². The Hall–Kier alpha value is -2.46. The first kappa shape index (κ1) is 18.9. The quantitative estimate of drug-likeness (QED) is 0.649. The number of ether oxygens (including phenoxy) is 1. The van der Waals surface area contributed by atoms with E-state index in [1.807, 2.05) is 12.1 Å². The molecule has 1 aliphatic carbocycles. The molecule has 3 nitrogen and oxygen atoms in total. The molecule has 1 aliphatic rings. The van der Waals surface area contributed by atoms with Gasteiger partial charge in [-0.15, -0.1) is 0 Å². The van der Waals surface area contributed by atoms with Gasteiger partial charge in [0, 0.05) is 29.2 Å². The highest BCUT2D eigenvalue weighted by molar-refractivity contribution is 5.83. The summed E-state index contributed by atoms with van der Waals surface area (Å²) in [7, 11) is 0. The third kappa shape index (κ3) is 3.49. The summed E-state index contributed by atoms with van der Waals surface area (Å²) < 4.78 is 20.6. The standard InChI is InChI=1S/C24H27FN2O/c1-2-23(26)24(19-6-4-3-5-7-19)11-8-20(9-12-24)28-22-15-17-10-13-27-16-18(17)14-21(22)25/h3-7,10,13-16,20,23H,2,8-9,11-12,26H2,1H3/t20?,23-,24?/m0/s1. The summed E-state index contributed by atoms with van der Waals surface area (Å²) in [6.07, 6.45) is 7.98. The van der Waals surface area contributed by atoms with Gasteiger partial charge in [-0.25, -0.2) is 4.39 Å². The lowest BCUT2D eigenvalue weighted by molar-refractivity contribution is 0.100. The Balaban J connectivity index is 1.52. The molecule has 1 saturated carbocycles. The second kappa shape index (κ2) is 7.88. The summed E-state index contributed by atoms with van der Waals surface area (Å²) in [6.45, 7) is 2.15. The molecule has 4 heteroatoms. The SMILES string of the molecule is CC[C@H](N)C1(c2ccccc2)CCC(Oc2cc3ccncc3cc2F)CC1. The van der Waals surface area contributed by atoms with Gasteiger partial charge in [-0.2, -0.15) is 0 Å². The fourth-order valence-electron chi connectivity index (χ4n) is 4.62. The van der Waals surface area contributed by atoms with Crippen LogP contribution in [0.15, 0.2) is 60.9 Å². The molecule has 3 aromatic rings. The van der Waals surface area contributed by atoms with Crippen LogP contribution in [0.3, 0.4) is 0 Å². The third-order valence-corrected chi connectivity index (χ3v) is 6.31. The third-order valence-electron chi connectivity index (χ3n) is 6.31. The molecule has 146 valence electrons. The number of benzene rings is 2. The normalized spacial score (nSPS) is 23.5. The molecule has 0 amide bonds. The summed E-state index contributed by atoms with van der Waals surface area (Å²) >= 11 is 0. The molecule has 0 bridgehead atoms. The summed E-state index contributed by atoms with van der Waals surface area (Å²) in [5.74, 6) is 0.00126. The first-order valence-corrected chi connectivity index (χ1v) is 10.1. The van der Waals surface area contributed by atoms with Crippen LogP contribution in [0, 0.1) is 5.82 Å². The van der Waals surface area contributed by atoms with E-state index in [1.165, 1.54) is 11.6 Å². The molecule has 1 aromatic heterocycles. The molecule has 28 heavy (non-hydrogen) atoms. The van der Waals surface area contributed by atoms with Gasteiger partial charge in [-0.05, 0) is 61.3 Å². The maximum Gasteiger partial charge on any atom is 0.165 e. The highest BCUT2D eigenvalue weighted by Crippen LogP contribution is 2.43. The molecule has 0 saturated heterocycles. The van der Waals surface area contributed by atoms with Crippen molar-refractivity contribution in [2.45, 2.75) is 56.6 Å². The van der Waals surface area contributed by atoms with E-state index in [4.69, 9.17) is 10.5 Å². The van der Waals surface area contributed by atoms with Crippen molar-refractivity contribution in [3.8, 4) is 5.75 Å². The molecule has 0 aliphatic heterocycles.